The quantitative estimate of drug-likeness (QED) is 0.162. The van der Waals surface area contributed by atoms with Gasteiger partial charge in [-0.1, -0.05) is 176 Å². The lowest BCUT2D eigenvalue weighted by Crippen LogP contribution is -2.04. The maximum Gasteiger partial charge on any atom is 0.238 e. The summed E-state index contributed by atoms with van der Waals surface area (Å²) in [6.45, 7) is 0. The van der Waals surface area contributed by atoms with Gasteiger partial charge in [0.1, 0.15) is 6.33 Å². The molecule has 0 saturated heterocycles. The molecule has 0 radical (unpaired) electrons. The molecule has 11 aromatic carbocycles. The van der Waals surface area contributed by atoms with E-state index in [4.69, 9.17) is 15.0 Å². The number of para-hydroxylation sites is 2. The van der Waals surface area contributed by atoms with Crippen molar-refractivity contribution in [3.8, 4) is 45.3 Å². The average Bonchev–Trinajstić information content (AvgIpc) is 3.93. The molecule has 0 fully saturated rings. The molecule has 0 amide bonds. The van der Waals surface area contributed by atoms with Crippen LogP contribution in [0.5, 0.6) is 0 Å². The number of hydrogen-bond acceptors (Lipinski definition) is 3. The molecule has 0 aliphatic carbocycles. The molecule has 0 aliphatic rings. The van der Waals surface area contributed by atoms with Gasteiger partial charge in [-0.25, -0.2) is 9.97 Å². The van der Waals surface area contributed by atoms with Crippen LogP contribution in [0.4, 0.5) is 0 Å². The maximum absolute atomic E-state index is 5.41. The number of aromatic nitrogens is 5. The third-order valence-electron chi connectivity index (χ3n) is 13.6. The van der Waals surface area contributed by atoms with Crippen LogP contribution in [0.15, 0.2) is 225 Å². The predicted molar refractivity (Wildman–Crippen MR) is 275 cm³/mol. The predicted octanol–water partition coefficient (Wildman–Crippen LogP) is 15.7. The second-order valence-electron chi connectivity index (χ2n) is 17.2. The Morgan fingerprint density at radius 1 is 0.303 bits per heavy atom. The van der Waals surface area contributed by atoms with E-state index in [-0.39, 0.29) is 0 Å². The van der Waals surface area contributed by atoms with Crippen molar-refractivity contribution in [3.63, 3.8) is 0 Å². The van der Waals surface area contributed by atoms with Gasteiger partial charge in [0.15, 0.2) is 5.82 Å². The summed E-state index contributed by atoms with van der Waals surface area (Å²) in [5.74, 6) is 1.18. The van der Waals surface area contributed by atoms with E-state index in [1.54, 1.807) is 6.33 Å². The van der Waals surface area contributed by atoms with Crippen molar-refractivity contribution in [1.82, 2.24) is 24.1 Å². The first-order valence-electron chi connectivity index (χ1n) is 22.4. The Labute approximate surface area is 379 Å². The summed E-state index contributed by atoms with van der Waals surface area (Å²) >= 11 is 0. The number of nitrogens with zero attached hydrogens (tertiary/aromatic N) is 5. The minimum absolute atomic E-state index is 0.567. The van der Waals surface area contributed by atoms with Crippen LogP contribution in [0.3, 0.4) is 0 Å². The zero-order valence-corrected chi connectivity index (χ0v) is 35.6. The second-order valence-corrected chi connectivity index (χ2v) is 17.2. The lowest BCUT2D eigenvalue weighted by Gasteiger charge is -2.16. The molecule has 0 saturated carbocycles. The molecule has 66 heavy (non-hydrogen) atoms. The fraction of sp³-hybridized carbons (Fsp3) is 0. The smallest absolute Gasteiger partial charge is 0.238 e. The molecule has 5 nitrogen and oxygen atoms in total. The molecule has 0 atom stereocenters. The Balaban J connectivity index is 1.12. The zero-order valence-electron chi connectivity index (χ0n) is 35.6. The van der Waals surface area contributed by atoms with Crippen molar-refractivity contribution in [2.24, 2.45) is 0 Å². The van der Waals surface area contributed by atoms with Gasteiger partial charge < -0.3 is 4.57 Å². The standard InChI is InChI=1S/C61H37N5/c1-3-17-38(18-4-1)42-33-43(39-19-5-2-6-20-39)35-44(34-42)60-62-37-63-61(64-60)66-53-30-16-14-28-51(53)56-57-54(47-24-10-12-26-49(47)59(56)66)46-23-9-11-25-48(46)58-55(57)50-27-13-15-29-52(50)65(58)45-32-31-40-21-7-8-22-41(40)36-45/h1-37H. The van der Waals surface area contributed by atoms with E-state index in [9.17, 15) is 0 Å². The second kappa shape index (κ2) is 14.3. The summed E-state index contributed by atoms with van der Waals surface area (Å²) in [6.07, 6.45) is 1.67. The molecule has 0 unspecified atom stereocenters. The van der Waals surface area contributed by atoms with Gasteiger partial charge in [0.2, 0.25) is 5.95 Å². The van der Waals surface area contributed by atoms with Gasteiger partial charge in [-0.3, -0.25) is 4.57 Å². The lowest BCUT2D eigenvalue weighted by atomic mass is 9.89. The van der Waals surface area contributed by atoms with E-state index in [1.807, 2.05) is 0 Å². The highest BCUT2D eigenvalue weighted by molar-refractivity contribution is 6.45. The molecule has 5 heteroatoms. The van der Waals surface area contributed by atoms with E-state index in [2.05, 4.69) is 228 Å². The van der Waals surface area contributed by atoms with Crippen LogP contribution < -0.4 is 0 Å². The zero-order chi connectivity index (χ0) is 43.3. The minimum Gasteiger partial charge on any atom is -0.309 e. The number of fused-ring (bicyclic) bond motifs is 16. The van der Waals surface area contributed by atoms with Crippen LogP contribution in [0.25, 0.3) is 132 Å². The van der Waals surface area contributed by atoms with E-state index < -0.39 is 0 Å². The lowest BCUT2D eigenvalue weighted by molar-refractivity contribution is 0.948. The van der Waals surface area contributed by atoms with E-state index in [0.717, 1.165) is 55.3 Å². The van der Waals surface area contributed by atoms with E-state index in [1.165, 1.54) is 64.9 Å². The minimum atomic E-state index is 0.567. The van der Waals surface area contributed by atoms with Crippen LogP contribution in [0.1, 0.15) is 0 Å². The molecule has 306 valence electrons. The summed E-state index contributed by atoms with van der Waals surface area (Å²) in [6, 6.07) is 78.7. The van der Waals surface area contributed by atoms with E-state index in [0.29, 0.717) is 11.8 Å². The topological polar surface area (TPSA) is 48.5 Å². The van der Waals surface area contributed by atoms with Crippen molar-refractivity contribution in [2.45, 2.75) is 0 Å². The Morgan fingerprint density at radius 2 is 0.788 bits per heavy atom. The van der Waals surface area contributed by atoms with E-state index >= 15 is 0 Å². The van der Waals surface area contributed by atoms with Gasteiger partial charge in [0.25, 0.3) is 0 Å². The largest absolute Gasteiger partial charge is 0.309 e. The van der Waals surface area contributed by atoms with Crippen LogP contribution in [-0.2, 0) is 0 Å². The van der Waals surface area contributed by atoms with Gasteiger partial charge in [-0.05, 0) is 91.6 Å². The summed E-state index contributed by atoms with van der Waals surface area (Å²) in [7, 11) is 0. The first-order valence-corrected chi connectivity index (χ1v) is 22.4. The fourth-order valence-electron chi connectivity index (χ4n) is 10.8. The van der Waals surface area contributed by atoms with Gasteiger partial charge in [-0.15, -0.1) is 0 Å². The Morgan fingerprint density at radius 3 is 1.41 bits per heavy atom. The molecular weight excluding hydrogens is 803 g/mol. The summed E-state index contributed by atoms with van der Waals surface area (Å²) < 4.78 is 4.77. The Hall–Kier alpha value is -8.93. The monoisotopic (exact) mass is 839 g/mol. The number of hydrogen-bond donors (Lipinski definition) is 0. The molecule has 14 aromatic rings. The highest BCUT2D eigenvalue weighted by Gasteiger charge is 2.26. The van der Waals surface area contributed by atoms with Gasteiger partial charge in [0.05, 0.1) is 22.1 Å². The SMILES string of the molecule is c1ccc(-c2cc(-c3ccccc3)cc(-c3ncnc(-n4c5ccccc5c5c6c(c7ccccc7c7c6c6ccccc6n7-c6ccc7ccccc7c6)c6ccccc6c54)n3)c2)cc1. The molecule has 0 bridgehead atoms. The first-order chi connectivity index (χ1) is 32.8. The third kappa shape index (κ3) is 5.38. The summed E-state index contributed by atoms with van der Waals surface area (Å²) in [4.78, 5) is 15.3. The Bertz CT molecular complexity index is 4220. The number of rotatable bonds is 5. The van der Waals surface area contributed by atoms with Crippen molar-refractivity contribution >= 4 is 86.7 Å². The molecular formula is C61H37N5. The average molecular weight is 840 g/mol. The molecule has 3 heterocycles. The number of benzene rings is 11. The normalized spacial score (nSPS) is 11.9. The van der Waals surface area contributed by atoms with Crippen molar-refractivity contribution in [1.29, 1.82) is 0 Å². The summed E-state index contributed by atoms with van der Waals surface area (Å²) in [5.41, 5.74) is 11.0. The van der Waals surface area contributed by atoms with Gasteiger partial charge in [0, 0.05) is 49.0 Å². The molecule has 3 aromatic heterocycles. The molecule has 0 N–H and O–H groups in total. The third-order valence-corrected chi connectivity index (χ3v) is 13.6. The van der Waals surface area contributed by atoms with Gasteiger partial charge >= 0.3 is 0 Å². The van der Waals surface area contributed by atoms with Crippen LogP contribution in [0.2, 0.25) is 0 Å². The molecule has 14 rings (SSSR count). The van der Waals surface area contributed by atoms with Crippen LogP contribution >= 0.6 is 0 Å². The van der Waals surface area contributed by atoms with Crippen molar-refractivity contribution in [3.05, 3.63) is 225 Å². The highest BCUT2D eigenvalue weighted by Crippen LogP contribution is 2.50. The van der Waals surface area contributed by atoms with Crippen LogP contribution in [-0.4, -0.2) is 24.1 Å². The van der Waals surface area contributed by atoms with Gasteiger partial charge in [-0.2, -0.15) is 4.98 Å². The Kier molecular flexibility index (Phi) is 7.91. The summed E-state index contributed by atoms with van der Waals surface area (Å²) in [5, 5.41) is 14.4. The van der Waals surface area contributed by atoms with Crippen LogP contribution in [0, 0.1) is 0 Å². The molecule has 0 aliphatic heterocycles. The van der Waals surface area contributed by atoms with Crippen molar-refractivity contribution in [2.75, 3.05) is 0 Å². The highest BCUT2D eigenvalue weighted by atomic mass is 15.2. The maximum atomic E-state index is 5.41. The molecule has 0 spiro atoms. The fourth-order valence-corrected chi connectivity index (χ4v) is 10.8. The first kappa shape index (κ1) is 36.5. The van der Waals surface area contributed by atoms with Crippen molar-refractivity contribution < 1.29 is 0 Å².